The molecule has 25 heavy (non-hydrogen) atoms. The molecule has 132 valence electrons. The second-order valence-electron chi connectivity index (χ2n) is 5.31. The summed E-state index contributed by atoms with van der Waals surface area (Å²) in [7, 11) is 0. The van der Waals surface area contributed by atoms with Gasteiger partial charge in [0.2, 0.25) is 5.91 Å². The minimum absolute atomic E-state index is 0.0514. The first-order chi connectivity index (χ1) is 11.9. The molecule has 0 aromatic heterocycles. The highest BCUT2D eigenvalue weighted by Crippen LogP contribution is 2.24. The molecule has 0 radical (unpaired) electrons. The summed E-state index contributed by atoms with van der Waals surface area (Å²) in [5.41, 5.74) is 7.56. The number of rotatable bonds is 6. The normalized spacial score (nSPS) is 14.7. The molecule has 1 aromatic carbocycles. The SMILES string of the molecule is CCNc1cc(Cl)cc(C(=O)NC/C(C(N)=O)=C2\N=CC=CN2)c1C. The zero-order valence-electron chi connectivity index (χ0n) is 14.0. The first kappa shape index (κ1) is 18.5. The molecule has 0 atom stereocenters. The van der Waals surface area contributed by atoms with E-state index in [2.05, 4.69) is 20.9 Å². The van der Waals surface area contributed by atoms with Gasteiger partial charge >= 0.3 is 0 Å². The summed E-state index contributed by atoms with van der Waals surface area (Å²) in [5.74, 6) is -0.702. The van der Waals surface area contributed by atoms with Crippen LogP contribution in [0.5, 0.6) is 0 Å². The van der Waals surface area contributed by atoms with E-state index in [0.717, 1.165) is 11.3 Å². The van der Waals surface area contributed by atoms with Gasteiger partial charge in [0.15, 0.2) is 0 Å². The highest BCUT2D eigenvalue weighted by molar-refractivity contribution is 6.31. The number of nitrogens with zero attached hydrogens (tertiary/aromatic N) is 1. The number of primary amides is 1. The van der Waals surface area contributed by atoms with Crippen LogP contribution in [0, 0.1) is 6.92 Å². The minimum atomic E-state index is -0.661. The average Bonchev–Trinajstić information content (AvgIpc) is 2.58. The summed E-state index contributed by atoms with van der Waals surface area (Å²) >= 11 is 6.10. The molecular formula is C17H20ClN5O2. The average molecular weight is 362 g/mol. The Labute approximate surface area is 151 Å². The molecule has 2 amide bonds. The Kier molecular flexibility index (Phi) is 6.19. The first-order valence-electron chi connectivity index (χ1n) is 7.75. The van der Waals surface area contributed by atoms with Crippen molar-refractivity contribution in [2.75, 3.05) is 18.4 Å². The number of carbonyl (C=O) groups excluding carboxylic acids is 2. The number of hydrogen-bond donors (Lipinski definition) is 4. The molecule has 2 rings (SSSR count). The number of hydrogen-bond acceptors (Lipinski definition) is 5. The highest BCUT2D eigenvalue weighted by atomic mass is 35.5. The number of anilines is 1. The van der Waals surface area contributed by atoms with Crippen molar-refractivity contribution in [1.29, 1.82) is 0 Å². The second kappa shape index (κ2) is 8.34. The number of allylic oxidation sites excluding steroid dienone is 1. The summed E-state index contributed by atoms with van der Waals surface area (Å²) in [4.78, 5) is 28.2. The molecule has 1 aromatic rings. The second-order valence-corrected chi connectivity index (χ2v) is 5.75. The number of benzene rings is 1. The molecule has 5 N–H and O–H groups in total. The maximum atomic E-state index is 12.5. The van der Waals surface area contributed by atoms with Crippen molar-refractivity contribution in [3.05, 3.63) is 52.0 Å². The van der Waals surface area contributed by atoms with Gasteiger partial charge in [-0.05, 0) is 37.6 Å². The predicted molar refractivity (Wildman–Crippen MR) is 99.7 cm³/mol. The number of nitrogens with two attached hydrogens (primary N) is 1. The van der Waals surface area contributed by atoms with Crippen LogP contribution >= 0.6 is 11.6 Å². The molecule has 1 heterocycles. The van der Waals surface area contributed by atoms with E-state index in [4.69, 9.17) is 17.3 Å². The largest absolute Gasteiger partial charge is 0.385 e. The summed E-state index contributed by atoms with van der Waals surface area (Å²) in [6.45, 7) is 4.44. The van der Waals surface area contributed by atoms with Gasteiger partial charge in [0, 0.05) is 35.2 Å². The molecule has 0 saturated heterocycles. The van der Waals surface area contributed by atoms with Gasteiger partial charge in [0.1, 0.15) is 5.82 Å². The summed E-state index contributed by atoms with van der Waals surface area (Å²) in [5, 5.41) is 9.13. The smallest absolute Gasteiger partial charge is 0.251 e. The van der Waals surface area contributed by atoms with Crippen LogP contribution in [0.2, 0.25) is 5.02 Å². The van der Waals surface area contributed by atoms with E-state index in [1.807, 2.05) is 13.8 Å². The number of halogens is 1. The highest BCUT2D eigenvalue weighted by Gasteiger charge is 2.17. The van der Waals surface area contributed by atoms with E-state index in [-0.39, 0.29) is 18.0 Å². The third-order valence-electron chi connectivity index (χ3n) is 3.60. The fraction of sp³-hybridized carbons (Fsp3) is 0.235. The number of aliphatic imine (C=N–C) groups is 1. The van der Waals surface area contributed by atoms with E-state index in [9.17, 15) is 9.59 Å². The predicted octanol–water partition coefficient (Wildman–Crippen LogP) is 1.69. The molecule has 8 heteroatoms. The fourth-order valence-electron chi connectivity index (χ4n) is 2.33. The lowest BCUT2D eigenvalue weighted by molar-refractivity contribution is -0.114. The van der Waals surface area contributed by atoms with Crippen LogP contribution in [0.3, 0.4) is 0 Å². The monoisotopic (exact) mass is 361 g/mol. The first-order valence-corrected chi connectivity index (χ1v) is 8.12. The Hall–Kier alpha value is -2.80. The molecule has 0 fully saturated rings. The van der Waals surface area contributed by atoms with E-state index >= 15 is 0 Å². The Bertz CT molecular complexity index is 783. The van der Waals surface area contributed by atoms with E-state index in [0.29, 0.717) is 23.0 Å². The van der Waals surface area contributed by atoms with Gasteiger partial charge in [-0.1, -0.05) is 11.6 Å². The van der Waals surface area contributed by atoms with Crippen molar-refractivity contribution in [1.82, 2.24) is 10.6 Å². The van der Waals surface area contributed by atoms with Crippen LogP contribution < -0.4 is 21.7 Å². The Morgan fingerprint density at radius 3 is 2.72 bits per heavy atom. The zero-order valence-corrected chi connectivity index (χ0v) is 14.8. The summed E-state index contributed by atoms with van der Waals surface area (Å²) < 4.78 is 0. The molecular weight excluding hydrogens is 342 g/mol. The van der Waals surface area contributed by atoms with E-state index in [1.54, 1.807) is 24.4 Å². The lowest BCUT2D eigenvalue weighted by atomic mass is 10.1. The molecule has 1 aliphatic heterocycles. The van der Waals surface area contributed by atoms with Crippen LogP contribution in [0.4, 0.5) is 5.69 Å². The molecule has 0 unspecified atom stereocenters. The summed E-state index contributed by atoms with van der Waals surface area (Å²) in [6.07, 6.45) is 4.83. The molecule has 0 aliphatic carbocycles. The number of nitrogens with one attached hydrogen (secondary N) is 3. The minimum Gasteiger partial charge on any atom is -0.385 e. The van der Waals surface area contributed by atoms with Gasteiger partial charge in [-0.15, -0.1) is 0 Å². The molecule has 7 nitrogen and oxygen atoms in total. The maximum Gasteiger partial charge on any atom is 0.251 e. The van der Waals surface area contributed by atoms with Gasteiger partial charge in [-0.3, -0.25) is 9.59 Å². The van der Waals surface area contributed by atoms with Crippen molar-refractivity contribution in [3.63, 3.8) is 0 Å². The summed E-state index contributed by atoms with van der Waals surface area (Å²) in [6, 6.07) is 3.35. The third kappa shape index (κ3) is 4.60. The van der Waals surface area contributed by atoms with Crippen LogP contribution in [0.1, 0.15) is 22.8 Å². The van der Waals surface area contributed by atoms with Crippen LogP contribution in [-0.4, -0.2) is 31.1 Å². The number of amides is 2. The molecule has 0 spiro atoms. The topological polar surface area (TPSA) is 109 Å². The van der Waals surface area contributed by atoms with Crippen molar-refractivity contribution in [2.45, 2.75) is 13.8 Å². The Morgan fingerprint density at radius 2 is 2.12 bits per heavy atom. The van der Waals surface area contributed by atoms with Crippen molar-refractivity contribution >= 4 is 35.3 Å². The van der Waals surface area contributed by atoms with Crippen LogP contribution in [0.15, 0.2) is 40.8 Å². The third-order valence-corrected chi connectivity index (χ3v) is 3.82. The van der Waals surface area contributed by atoms with Gasteiger partial charge in [-0.25, -0.2) is 4.99 Å². The standard InChI is InChI=1S/C17H20ClN5O2/c1-3-20-14-8-11(18)7-12(10(14)2)17(25)23-9-13(15(19)24)16-21-5-4-6-22-16/h4-8,20-21H,3,9H2,1-2H3,(H2,19,24)(H,23,25)/b16-13+. The van der Waals surface area contributed by atoms with Crippen LogP contribution in [0.25, 0.3) is 0 Å². The maximum absolute atomic E-state index is 12.5. The molecule has 1 aliphatic rings. The van der Waals surface area contributed by atoms with Crippen molar-refractivity contribution in [3.8, 4) is 0 Å². The molecule has 0 saturated carbocycles. The quantitative estimate of drug-likeness (QED) is 0.578. The lowest BCUT2D eigenvalue weighted by Crippen LogP contribution is -2.33. The van der Waals surface area contributed by atoms with Crippen molar-refractivity contribution < 1.29 is 9.59 Å². The zero-order chi connectivity index (χ0) is 18.4. The van der Waals surface area contributed by atoms with Gasteiger partial charge in [0.25, 0.3) is 5.91 Å². The molecule has 0 bridgehead atoms. The van der Waals surface area contributed by atoms with Crippen LogP contribution in [-0.2, 0) is 4.79 Å². The number of carbonyl (C=O) groups is 2. The Balaban J connectivity index is 2.21. The van der Waals surface area contributed by atoms with Crippen molar-refractivity contribution in [2.24, 2.45) is 10.7 Å². The van der Waals surface area contributed by atoms with E-state index in [1.165, 1.54) is 6.21 Å². The van der Waals surface area contributed by atoms with Gasteiger partial charge in [0.05, 0.1) is 12.1 Å². The van der Waals surface area contributed by atoms with Gasteiger partial charge < -0.3 is 21.7 Å². The van der Waals surface area contributed by atoms with E-state index < -0.39 is 5.91 Å². The van der Waals surface area contributed by atoms with Gasteiger partial charge in [-0.2, -0.15) is 0 Å². The fourth-order valence-corrected chi connectivity index (χ4v) is 2.55. The Morgan fingerprint density at radius 1 is 1.36 bits per heavy atom. The lowest BCUT2D eigenvalue weighted by Gasteiger charge is -2.15.